The first-order chi connectivity index (χ1) is 7.43. The van der Waals surface area contributed by atoms with Crippen molar-refractivity contribution >= 4 is 17.7 Å². The summed E-state index contributed by atoms with van der Waals surface area (Å²) in [6, 6.07) is 8.76. The van der Waals surface area contributed by atoms with Gasteiger partial charge in [0.05, 0.1) is 0 Å². The van der Waals surface area contributed by atoms with E-state index < -0.39 is 5.97 Å². The van der Waals surface area contributed by atoms with E-state index in [0.717, 1.165) is 0 Å². The number of carbonyl (C=O) groups excluding carboxylic acids is 2. The number of nitrogens with two attached hydrogens (primary N) is 1. The molecule has 1 aromatic rings. The second kappa shape index (κ2) is 7.17. The summed E-state index contributed by atoms with van der Waals surface area (Å²) in [6.45, 7) is 1.24. The summed E-state index contributed by atoms with van der Waals surface area (Å²) in [4.78, 5) is 29.9. The Balaban J connectivity index is 0.000000293. The second-order valence-corrected chi connectivity index (χ2v) is 3.00. The van der Waals surface area contributed by atoms with Gasteiger partial charge in [0.15, 0.2) is 0 Å². The molecule has 0 bridgehead atoms. The normalized spacial score (nSPS) is 8.56. The van der Waals surface area contributed by atoms with E-state index in [2.05, 4.69) is 0 Å². The van der Waals surface area contributed by atoms with Crippen molar-refractivity contribution in [3.05, 3.63) is 35.9 Å². The first-order valence-corrected chi connectivity index (χ1v) is 4.49. The molecule has 0 aromatic heterocycles. The first kappa shape index (κ1) is 13.8. The number of aliphatic carboxylic acids is 1. The minimum Gasteiger partial charge on any atom is -0.481 e. The maximum atomic E-state index is 10.4. The van der Waals surface area contributed by atoms with Crippen LogP contribution in [0.25, 0.3) is 0 Å². The summed E-state index contributed by atoms with van der Waals surface area (Å²) < 4.78 is 0. The van der Waals surface area contributed by atoms with Crippen molar-refractivity contribution in [3.63, 3.8) is 0 Å². The van der Waals surface area contributed by atoms with Crippen molar-refractivity contribution in [2.24, 2.45) is 5.73 Å². The molecule has 3 N–H and O–H groups in total. The van der Waals surface area contributed by atoms with E-state index in [1.165, 1.54) is 6.92 Å². The zero-order chi connectivity index (χ0) is 12.6. The average molecular weight is 223 g/mol. The minimum absolute atomic E-state index is 0.312. The van der Waals surface area contributed by atoms with Crippen LogP contribution in [0, 0.1) is 0 Å². The number of rotatable bonds is 3. The van der Waals surface area contributed by atoms with Crippen LogP contribution in [0.1, 0.15) is 23.7 Å². The number of carboxylic acid groups (broad SMARTS) is 1. The van der Waals surface area contributed by atoms with Crippen LogP contribution in [-0.4, -0.2) is 22.8 Å². The van der Waals surface area contributed by atoms with Crippen LogP contribution in [0.3, 0.4) is 0 Å². The second-order valence-electron chi connectivity index (χ2n) is 3.00. The lowest BCUT2D eigenvalue weighted by atomic mass is 10.2. The van der Waals surface area contributed by atoms with E-state index in [1.807, 2.05) is 6.07 Å². The Morgan fingerprint density at radius 3 is 1.88 bits per heavy atom. The Labute approximate surface area is 92.9 Å². The van der Waals surface area contributed by atoms with Gasteiger partial charge in [-0.1, -0.05) is 18.2 Å². The lowest BCUT2D eigenvalue weighted by Crippen LogP contribution is -2.09. The molecule has 0 heterocycles. The Morgan fingerprint density at radius 1 is 1.19 bits per heavy atom. The van der Waals surface area contributed by atoms with Gasteiger partial charge in [-0.3, -0.25) is 14.4 Å². The highest BCUT2D eigenvalue weighted by Gasteiger charge is 1.98. The molecule has 0 atom stereocenters. The average Bonchev–Trinajstić information content (AvgIpc) is 2.17. The van der Waals surface area contributed by atoms with Gasteiger partial charge in [0.1, 0.15) is 12.2 Å². The molecule has 16 heavy (non-hydrogen) atoms. The first-order valence-electron chi connectivity index (χ1n) is 4.49. The van der Waals surface area contributed by atoms with Crippen LogP contribution in [0.15, 0.2) is 30.3 Å². The molecule has 0 saturated heterocycles. The van der Waals surface area contributed by atoms with Gasteiger partial charge in [0.25, 0.3) is 0 Å². The van der Waals surface area contributed by atoms with Crippen molar-refractivity contribution in [2.45, 2.75) is 13.3 Å². The molecule has 86 valence electrons. The third kappa shape index (κ3) is 7.25. The van der Waals surface area contributed by atoms with Crippen molar-refractivity contribution in [3.8, 4) is 0 Å². The third-order valence-electron chi connectivity index (χ3n) is 1.46. The van der Waals surface area contributed by atoms with Gasteiger partial charge in [-0.25, -0.2) is 0 Å². The SMILES string of the molecule is CC(=O)CC(=O)O.NC(=O)c1ccccc1. The smallest absolute Gasteiger partial charge is 0.310 e. The Bertz CT molecular complexity index is 361. The van der Waals surface area contributed by atoms with E-state index in [1.54, 1.807) is 24.3 Å². The molecule has 1 rings (SSSR count). The number of carboxylic acids is 1. The van der Waals surface area contributed by atoms with Crippen LogP contribution >= 0.6 is 0 Å². The molecule has 0 radical (unpaired) electrons. The Hall–Kier alpha value is -2.17. The topological polar surface area (TPSA) is 97.5 Å². The molecule has 0 aliphatic heterocycles. The molecular weight excluding hydrogens is 210 g/mol. The van der Waals surface area contributed by atoms with Crippen molar-refractivity contribution in [1.29, 1.82) is 0 Å². The maximum Gasteiger partial charge on any atom is 0.310 e. The molecule has 0 saturated carbocycles. The summed E-state index contributed by atoms with van der Waals surface area (Å²) in [5.41, 5.74) is 5.53. The van der Waals surface area contributed by atoms with Crippen molar-refractivity contribution in [1.82, 2.24) is 0 Å². The summed E-state index contributed by atoms with van der Waals surface area (Å²) in [7, 11) is 0. The highest BCUT2D eigenvalue weighted by Crippen LogP contribution is 1.94. The fourth-order valence-electron chi connectivity index (χ4n) is 0.815. The predicted molar refractivity (Wildman–Crippen MR) is 57.9 cm³/mol. The van der Waals surface area contributed by atoms with E-state index in [9.17, 15) is 14.4 Å². The van der Waals surface area contributed by atoms with Gasteiger partial charge in [-0.05, 0) is 19.1 Å². The zero-order valence-electron chi connectivity index (χ0n) is 8.84. The molecule has 0 aliphatic rings. The molecule has 5 heteroatoms. The Morgan fingerprint density at radius 2 is 1.69 bits per heavy atom. The van der Waals surface area contributed by atoms with E-state index in [0.29, 0.717) is 5.56 Å². The fourth-order valence-corrected chi connectivity index (χ4v) is 0.815. The van der Waals surface area contributed by atoms with Gasteiger partial charge in [0, 0.05) is 5.56 Å². The lowest BCUT2D eigenvalue weighted by molar-refractivity contribution is -0.139. The highest BCUT2D eigenvalue weighted by atomic mass is 16.4. The number of hydrogen-bond acceptors (Lipinski definition) is 3. The third-order valence-corrected chi connectivity index (χ3v) is 1.46. The number of Topliss-reactive ketones (excluding diaryl/α,β-unsaturated/α-hetero) is 1. The van der Waals surface area contributed by atoms with Crippen LogP contribution in [0.5, 0.6) is 0 Å². The van der Waals surface area contributed by atoms with Crippen LogP contribution in [0.4, 0.5) is 0 Å². The number of hydrogen-bond donors (Lipinski definition) is 2. The highest BCUT2D eigenvalue weighted by molar-refractivity contribution is 5.93. The molecule has 1 amide bonds. The molecule has 5 nitrogen and oxygen atoms in total. The lowest BCUT2D eigenvalue weighted by Gasteiger charge is -1.89. The number of carbonyl (C=O) groups is 3. The quantitative estimate of drug-likeness (QED) is 0.742. The summed E-state index contributed by atoms with van der Waals surface area (Å²) in [6.07, 6.45) is -0.361. The van der Waals surface area contributed by atoms with Crippen LogP contribution in [-0.2, 0) is 9.59 Å². The molecule has 0 fully saturated rings. The fraction of sp³-hybridized carbons (Fsp3) is 0.182. The number of benzene rings is 1. The summed E-state index contributed by atoms with van der Waals surface area (Å²) >= 11 is 0. The largest absolute Gasteiger partial charge is 0.481 e. The molecule has 0 spiro atoms. The summed E-state index contributed by atoms with van der Waals surface area (Å²) in [5, 5.41) is 7.86. The Kier molecular flexibility index (Phi) is 6.19. The molecular formula is C11H13NO4. The van der Waals surface area contributed by atoms with Gasteiger partial charge in [-0.2, -0.15) is 0 Å². The number of amides is 1. The minimum atomic E-state index is -1.06. The van der Waals surface area contributed by atoms with E-state index >= 15 is 0 Å². The van der Waals surface area contributed by atoms with Gasteiger partial charge in [0.2, 0.25) is 5.91 Å². The number of ketones is 1. The zero-order valence-corrected chi connectivity index (χ0v) is 8.84. The van der Waals surface area contributed by atoms with E-state index in [-0.39, 0.29) is 18.1 Å². The van der Waals surface area contributed by atoms with Crippen molar-refractivity contribution in [2.75, 3.05) is 0 Å². The van der Waals surface area contributed by atoms with Crippen LogP contribution in [0.2, 0.25) is 0 Å². The number of primary amides is 1. The monoisotopic (exact) mass is 223 g/mol. The summed E-state index contributed by atoms with van der Waals surface area (Å²) in [5.74, 6) is -1.75. The van der Waals surface area contributed by atoms with Crippen LogP contribution < -0.4 is 5.73 Å². The molecule has 0 aliphatic carbocycles. The maximum absolute atomic E-state index is 10.4. The van der Waals surface area contributed by atoms with Crippen molar-refractivity contribution < 1.29 is 19.5 Å². The molecule has 0 unspecified atom stereocenters. The molecule has 1 aromatic carbocycles. The van der Waals surface area contributed by atoms with Gasteiger partial charge < -0.3 is 10.8 Å². The predicted octanol–water partition coefficient (Wildman–Crippen LogP) is 0.836. The van der Waals surface area contributed by atoms with Gasteiger partial charge >= 0.3 is 5.97 Å². The van der Waals surface area contributed by atoms with Gasteiger partial charge in [-0.15, -0.1) is 0 Å². The standard InChI is InChI=1S/C7H7NO.C4H6O3/c8-7(9)6-4-2-1-3-5-6;1-3(5)2-4(6)7/h1-5H,(H2,8,9);2H2,1H3,(H,6,7). The van der Waals surface area contributed by atoms with E-state index in [4.69, 9.17) is 10.8 Å².